The van der Waals surface area contributed by atoms with Gasteiger partial charge in [0.05, 0.1) is 44.1 Å². The first-order valence-corrected chi connectivity index (χ1v) is 39.0. The molecule has 0 atom stereocenters. The van der Waals surface area contributed by atoms with Gasteiger partial charge in [0.2, 0.25) is 0 Å². The Hall–Kier alpha value is -15.2. The number of benzene rings is 18. The zero-order valence-corrected chi connectivity index (χ0v) is 62.4. The number of fused-ring (bicyclic) bond motifs is 12. The molecule has 0 amide bonds. The molecule has 0 saturated carbocycles. The van der Waals surface area contributed by atoms with Gasteiger partial charge in [0.1, 0.15) is 0 Å². The van der Waals surface area contributed by atoms with Crippen molar-refractivity contribution in [1.82, 2.24) is 18.3 Å². The summed E-state index contributed by atoms with van der Waals surface area (Å²) in [6, 6.07) is 162. The molecule has 4 heterocycles. The van der Waals surface area contributed by atoms with Gasteiger partial charge in [-0.2, -0.15) is 0 Å². The quantitative estimate of drug-likeness (QED) is 0.108. The topological polar surface area (TPSA) is 26.2 Å². The maximum atomic E-state index is 2.36. The summed E-state index contributed by atoms with van der Waals surface area (Å²) in [6.45, 7) is 0. The second kappa shape index (κ2) is 28.6. The van der Waals surface area contributed by atoms with Crippen LogP contribution in [0.5, 0.6) is 0 Å². The smallest absolute Gasteiger partial charge is 0.0541 e. The van der Waals surface area contributed by atoms with Gasteiger partial charge in [-0.3, -0.25) is 0 Å². The summed E-state index contributed by atoms with van der Waals surface area (Å²) in [7, 11) is 0. The summed E-state index contributed by atoms with van der Waals surface area (Å²) in [5, 5.41) is 10.1. The van der Waals surface area contributed by atoms with Crippen molar-refractivity contribution in [3.63, 3.8) is 0 Å². The highest BCUT2D eigenvalue weighted by Gasteiger charge is 2.21. The molecule has 0 bridgehead atoms. The van der Waals surface area contributed by atoms with E-state index in [0.717, 1.165) is 39.8 Å². The fraction of sp³-hybridized carbons (Fsp3) is 0. The predicted molar refractivity (Wildman–Crippen MR) is 481 cm³/mol. The molecule has 18 aromatic carbocycles. The van der Waals surface area contributed by atoms with E-state index in [-0.39, 0.29) is 0 Å². The predicted octanol–water partition coefficient (Wildman–Crippen LogP) is 29.4. The maximum Gasteiger partial charge on any atom is 0.0541 e. The largest absolute Gasteiger partial charge is 0.311 e. The van der Waals surface area contributed by atoms with Crippen LogP contribution in [-0.4, -0.2) is 18.3 Å². The Bertz CT molecular complexity index is 7020. The summed E-state index contributed by atoms with van der Waals surface area (Å²) in [4.78, 5) is 4.66. The number of nitrogens with zero attached hydrogens (tertiary/aromatic N) is 6. The summed E-state index contributed by atoms with van der Waals surface area (Å²) in [6.07, 6.45) is 0. The zero-order chi connectivity index (χ0) is 75.4. The van der Waals surface area contributed by atoms with Crippen LogP contribution in [0.3, 0.4) is 0 Å². The van der Waals surface area contributed by atoms with E-state index in [4.69, 9.17) is 0 Å². The third kappa shape index (κ3) is 11.9. The first-order valence-electron chi connectivity index (χ1n) is 39.0. The molecular formula is C108H74N6. The van der Waals surface area contributed by atoms with E-state index >= 15 is 0 Å². The monoisotopic (exact) mass is 1450 g/mol. The molecule has 0 aliphatic carbocycles. The lowest BCUT2D eigenvalue weighted by atomic mass is 10.0. The summed E-state index contributed by atoms with van der Waals surface area (Å²) in [5.41, 5.74) is 30.5. The highest BCUT2D eigenvalue weighted by molar-refractivity contribution is 6.14. The standard InChI is InChI=1S/2C54H37N3/c1-4-14-42(15-5-1)55(45-30-24-38(25-31-45)40-28-34-53-49(36-40)47-20-10-12-22-51(47)56(53)43-16-6-2-7-17-43)46-32-26-39(27-33-46)41-29-35-54-50(37-41)48-21-11-13-23-52(48)57(54)44-18-8-3-9-19-44;1-3-13-42(14-4-1)55(44-30-23-38(24-31-44)39-25-34-46(35-26-39)57-51-20-10-7-17-47(51)48-18-8-11-21-52(48)57)45-32-27-40(28-33-45)41-29-36-54-50(37-41)49-19-9-12-22-53(49)56(54)43-15-5-2-6-16-43/h2*1-37H. The third-order valence-corrected chi connectivity index (χ3v) is 22.6. The number of aromatic nitrogens is 4. The van der Waals surface area contributed by atoms with Crippen molar-refractivity contribution in [2.75, 3.05) is 9.80 Å². The molecule has 0 radical (unpaired) electrons. The van der Waals surface area contributed by atoms with Crippen LogP contribution in [0.2, 0.25) is 0 Å². The van der Waals surface area contributed by atoms with Crippen LogP contribution in [0.25, 0.3) is 154 Å². The molecule has 0 N–H and O–H groups in total. The van der Waals surface area contributed by atoms with Gasteiger partial charge in [0.15, 0.2) is 0 Å². The fourth-order valence-electron chi connectivity index (χ4n) is 17.3. The Kier molecular flexibility index (Phi) is 16.8. The minimum absolute atomic E-state index is 1.11. The molecular weight excluding hydrogens is 1380 g/mol. The SMILES string of the molecule is c1ccc(N(c2ccc(-c3ccc(-n4c5ccccc5c5ccccc54)cc3)cc2)c2ccc(-c3ccc4c(c3)c3ccccc3n4-c3ccccc3)cc2)cc1.c1ccc(N(c2ccc(-c3ccc4c(c3)c3ccccc3n4-c3ccccc3)cc2)c2ccc(-c3ccc4c(c3)c3ccccc3n4-c3ccccc3)cc2)cc1. The summed E-state index contributed by atoms with van der Waals surface area (Å²) in [5.74, 6) is 0. The normalized spacial score (nSPS) is 11.5. The molecule has 536 valence electrons. The first-order chi connectivity index (χ1) is 56.6. The van der Waals surface area contributed by atoms with Crippen LogP contribution < -0.4 is 9.80 Å². The highest BCUT2D eigenvalue weighted by atomic mass is 15.1. The first kappa shape index (κ1) is 66.9. The van der Waals surface area contributed by atoms with Crippen LogP contribution in [-0.2, 0) is 0 Å². The van der Waals surface area contributed by atoms with Gasteiger partial charge in [-0.05, 0) is 233 Å². The van der Waals surface area contributed by atoms with Crippen LogP contribution in [0, 0.1) is 0 Å². The summed E-state index contributed by atoms with van der Waals surface area (Å²) < 4.78 is 9.46. The van der Waals surface area contributed by atoms with E-state index in [0.29, 0.717) is 0 Å². The van der Waals surface area contributed by atoms with Gasteiger partial charge >= 0.3 is 0 Å². The van der Waals surface area contributed by atoms with Crippen LogP contribution in [0.15, 0.2) is 449 Å². The fourth-order valence-corrected chi connectivity index (χ4v) is 17.3. The molecule has 22 rings (SSSR count). The minimum Gasteiger partial charge on any atom is -0.311 e. The van der Waals surface area contributed by atoms with E-state index in [1.807, 2.05) is 0 Å². The van der Waals surface area contributed by atoms with Crippen LogP contribution >= 0.6 is 0 Å². The van der Waals surface area contributed by atoms with Gasteiger partial charge in [-0.15, -0.1) is 0 Å². The molecule has 0 aliphatic heterocycles. The zero-order valence-electron chi connectivity index (χ0n) is 62.4. The molecule has 6 nitrogen and oxygen atoms in total. The van der Waals surface area contributed by atoms with Gasteiger partial charge in [0.25, 0.3) is 0 Å². The second-order valence-corrected chi connectivity index (χ2v) is 29.2. The van der Waals surface area contributed by atoms with Gasteiger partial charge in [0, 0.05) is 100.0 Å². The van der Waals surface area contributed by atoms with Crippen LogP contribution in [0.4, 0.5) is 34.1 Å². The average molecular weight is 1460 g/mol. The lowest BCUT2D eigenvalue weighted by Gasteiger charge is -2.26. The van der Waals surface area contributed by atoms with E-state index in [1.165, 1.54) is 149 Å². The minimum atomic E-state index is 1.11. The molecule has 22 aromatic rings. The lowest BCUT2D eigenvalue weighted by molar-refractivity contribution is 1.18. The Morgan fingerprint density at radius 2 is 0.298 bits per heavy atom. The number of anilines is 6. The van der Waals surface area contributed by atoms with Crippen molar-refractivity contribution in [2.45, 2.75) is 0 Å². The van der Waals surface area contributed by atoms with Crippen molar-refractivity contribution < 1.29 is 0 Å². The van der Waals surface area contributed by atoms with Crippen molar-refractivity contribution in [3.05, 3.63) is 449 Å². The molecule has 0 fully saturated rings. The van der Waals surface area contributed by atoms with E-state index in [1.54, 1.807) is 0 Å². The van der Waals surface area contributed by atoms with E-state index < -0.39 is 0 Å². The van der Waals surface area contributed by atoms with E-state index in [2.05, 4.69) is 477 Å². The van der Waals surface area contributed by atoms with Crippen molar-refractivity contribution >= 4 is 121 Å². The Morgan fingerprint density at radius 3 is 0.561 bits per heavy atom. The number of hydrogen-bond donors (Lipinski definition) is 0. The van der Waals surface area contributed by atoms with Crippen molar-refractivity contribution in [2.24, 2.45) is 0 Å². The average Bonchev–Trinajstić information content (AvgIpc) is 1.60. The molecule has 4 aromatic heterocycles. The molecule has 0 saturated heterocycles. The second-order valence-electron chi connectivity index (χ2n) is 29.2. The Balaban J connectivity index is 0.000000143. The number of rotatable bonds is 14. The Labute approximate surface area is 661 Å². The van der Waals surface area contributed by atoms with Gasteiger partial charge in [-0.25, -0.2) is 0 Å². The van der Waals surface area contributed by atoms with Gasteiger partial charge < -0.3 is 28.1 Å². The van der Waals surface area contributed by atoms with Crippen molar-refractivity contribution in [1.29, 1.82) is 0 Å². The molecule has 0 spiro atoms. The summed E-state index contributed by atoms with van der Waals surface area (Å²) >= 11 is 0. The Morgan fingerprint density at radius 1 is 0.123 bits per heavy atom. The lowest BCUT2D eigenvalue weighted by Crippen LogP contribution is -2.09. The number of hydrogen-bond acceptors (Lipinski definition) is 2. The van der Waals surface area contributed by atoms with Crippen LogP contribution in [0.1, 0.15) is 0 Å². The molecule has 0 aliphatic rings. The van der Waals surface area contributed by atoms with Crippen molar-refractivity contribution in [3.8, 4) is 67.3 Å². The number of para-hydroxylation sites is 10. The molecule has 0 unspecified atom stereocenters. The third-order valence-electron chi connectivity index (χ3n) is 22.6. The van der Waals surface area contributed by atoms with Gasteiger partial charge in [-0.1, -0.05) is 261 Å². The highest BCUT2D eigenvalue weighted by Crippen LogP contribution is 2.44. The maximum absolute atomic E-state index is 2.36. The molecule has 6 heteroatoms. The van der Waals surface area contributed by atoms with E-state index in [9.17, 15) is 0 Å². The molecule has 114 heavy (non-hydrogen) atoms.